The van der Waals surface area contributed by atoms with Crippen molar-refractivity contribution in [2.75, 3.05) is 13.1 Å². The van der Waals surface area contributed by atoms with Gasteiger partial charge in [-0.3, -0.25) is 9.25 Å². The Morgan fingerprint density at radius 2 is 1.81 bits per heavy atom. The van der Waals surface area contributed by atoms with E-state index in [0.717, 1.165) is 29.9 Å². The molecule has 8 nitrogen and oxygen atoms in total. The third-order valence-electron chi connectivity index (χ3n) is 5.01. The molecule has 0 unspecified atom stereocenters. The van der Waals surface area contributed by atoms with E-state index in [4.69, 9.17) is 11.6 Å². The number of nitrogens with one attached hydrogen (secondary N) is 1. The molecule has 144 valence electrons. The second-order valence-electron chi connectivity index (χ2n) is 6.72. The number of piperidine rings is 1. The van der Waals surface area contributed by atoms with Gasteiger partial charge in [-0.25, -0.2) is 13.2 Å². The fourth-order valence-corrected chi connectivity index (χ4v) is 5.90. The third-order valence-corrected chi connectivity index (χ3v) is 7.40. The SMILES string of the molecule is Cc1nn(C)c(Cl)c1S(=O)(=O)n1c(=O)n(C2CCNCC2)c2ccccc21. The van der Waals surface area contributed by atoms with Crippen LogP contribution in [0.15, 0.2) is 34.0 Å². The quantitative estimate of drug-likeness (QED) is 0.710. The molecule has 0 amide bonds. The van der Waals surface area contributed by atoms with Crippen LogP contribution in [0.5, 0.6) is 0 Å². The smallest absolute Gasteiger partial charge is 0.317 e. The molecule has 1 N–H and O–H groups in total. The highest BCUT2D eigenvalue weighted by atomic mass is 35.5. The molecule has 1 aliphatic heterocycles. The maximum atomic E-state index is 13.4. The molecule has 0 saturated carbocycles. The Bertz CT molecular complexity index is 1190. The van der Waals surface area contributed by atoms with Gasteiger partial charge in [0, 0.05) is 13.1 Å². The molecule has 1 aliphatic rings. The summed E-state index contributed by atoms with van der Waals surface area (Å²) in [5, 5.41) is 7.33. The fraction of sp³-hybridized carbons (Fsp3) is 0.412. The van der Waals surface area contributed by atoms with Crippen molar-refractivity contribution in [1.29, 1.82) is 0 Å². The molecule has 0 bridgehead atoms. The summed E-state index contributed by atoms with van der Waals surface area (Å²) in [5.74, 6) is 0. The molecule has 0 atom stereocenters. The van der Waals surface area contributed by atoms with Crippen LogP contribution < -0.4 is 11.0 Å². The lowest BCUT2D eigenvalue weighted by molar-refractivity contribution is 0.367. The lowest BCUT2D eigenvalue weighted by Gasteiger charge is -2.23. The van der Waals surface area contributed by atoms with Crippen LogP contribution in [0.25, 0.3) is 11.0 Å². The molecule has 3 aromatic rings. The maximum absolute atomic E-state index is 13.4. The van der Waals surface area contributed by atoms with Gasteiger partial charge < -0.3 is 5.32 Å². The average Bonchev–Trinajstić information content (AvgIpc) is 3.08. The molecular formula is C17H20ClN5O3S. The number of fused-ring (bicyclic) bond motifs is 1. The van der Waals surface area contributed by atoms with Crippen molar-refractivity contribution in [2.24, 2.45) is 7.05 Å². The predicted molar refractivity (Wildman–Crippen MR) is 103 cm³/mol. The van der Waals surface area contributed by atoms with E-state index >= 15 is 0 Å². The number of hydrogen-bond acceptors (Lipinski definition) is 5. The minimum atomic E-state index is -4.20. The lowest BCUT2D eigenvalue weighted by atomic mass is 10.1. The van der Waals surface area contributed by atoms with Gasteiger partial charge in [-0.15, -0.1) is 0 Å². The highest BCUT2D eigenvalue weighted by Gasteiger charge is 2.33. The van der Waals surface area contributed by atoms with Crippen LogP contribution in [-0.2, 0) is 17.1 Å². The molecule has 1 fully saturated rings. The minimum absolute atomic E-state index is 0.0157. The van der Waals surface area contributed by atoms with Crippen molar-refractivity contribution in [3.63, 3.8) is 0 Å². The second kappa shape index (κ2) is 6.50. The normalized spacial score (nSPS) is 16.3. The number of halogens is 1. The lowest BCUT2D eigenvalue weighted by Crippen LogP contribution is -2.36. The molecular weight excluding hydrogens is 390 g/mol. The zero-order chi connectivity index (χ0) is 19.3. The summed E-state index contributed by atoms with van der Waals surface area (Å²) in [6.07, 6.45) is 1.53. The Morgan fingerprint density at radius 1 is 1.19 bits per heavy atom. The van der Waals surface area contributed by atoms with E-state index in [1.165, 1.54) is 4.68 Å². The number of imidazole rings is 1. The zero-order valence-electron chi connectivity index (χ0n) is 15.0. The Labute approximate surface area is 161 Å². The van der Waals surface area contributed by atoms with Crippen LogP contribution in [0.4, 0.5) is 0 Å². The number of nitrogens with zero attached hydrogens (tertiary/aromatic N) is 4. The standard InChI is InChI=1S/C17H20ClN5O3S/c1-11-15(16(18)21(2)20-11)27(25,26)23-14-6-4-3-5-13(14)22(17(23)24)12-7-9-19-10-8-12/h3-6,12,19H,7-10H2,1-2H3. The van der Waals surface area contributed by atoms with E-state index in [9.17, 15) is 13.2 Å². The molecule has 10 heteroatoms. The van der Waals surface area contributed by atoms with Gasteiger partial charge >= 0.3 is 5.69 Å². The number of para-hydroxylation sites is 2. The topological polar surface area (TPSA) is 90.9 Å². The summed E-state index contributed by atoms with van der Waals surface area (Å²) in [7, 11) is -2.64. The molecule has 3 heterocycles. The maximum Gasteiger partial charge on any atom is 0.343 e. The molecule has 0 aliphatic carbocycles. The van der Waals surface area contributed by atoms with Gasteiger partial charge in [0.15, 0.2) is 0 Å². The number of benzene rings is 1. The monoisotopic (exact) mass is 409 g/mol. The first-order valence-corrected chi connectivity index (χ1v) is 10.5. The van der Waals surface area contributed by atoms with Crippen molar-refractivity contribution in [3.05, 3.63) is 45.6 Å². The molecule has 1 aromatic carbocycles. The first-order valence-electron chi connectivity index (χ1n) is 8.71. The van der Waals surface area contributed by atoms with E-state index in [-0.39, 0.29) is 21.8 Å². The van der Waals surface area contributed by atoms with E-state index < -0.39 is 15.7 Å². The number of hydrogen-bond donors (Lipinski definition) is 1. The number of rotatable bonds is 3. The number of aryl methyl sites for hydroxylation is 2. The predicted octanol–water partition coefficient (Wildman–Crippen LogP) is 1.66. The van der Waals surface area contributed by atoms with Crippen molar-refractivity contribution < 1.29 is 8.42 Å². The van der Waals surface area contributed by atoms with Crippen LogP contribution in [0.3, 0.4) is 0 Å². The van der Waals surface area contributed by atoms with E-state index in [1.54, 1.807) is 42.8 Å². The summed E-state index contributed by atoms with van der Waals surface area (Å²) < 4.78 is 30.6. The van der Waals surface area contributed by atoms with Crippen LogP contribution in [0.2, 0.25) is 5.15 Å². The largest absolute Gasteiger partial charge is 0.343 e. The first kappa shape index (κ1) is 18.3. The van der Waals surface area contributed by atoms with Gasteiger partial charge in [0.05, 0.1) is 16.7 Å². The molecule has 0 radical (unpaired) electrons. The minimum Gasteiger partial charge on any atom is -0.317 e. The van der Waals surface area contributed by atoms with Crippen LogP contribution in [0, 0.1) is 6.92 Å². The molecule has 27 heavy (non-hydrogen) atoms. The summed E-state index contributed by atoms with van der Waals surface area (Å²) >= 11 is 6.20. The van der Waals surface area contributed by atoms with Gasteiger partial charge in [0.25, 0.3) is 10.0 Å². The second-order valence-corrected chi connectivity index (χ2v) is 8.80. The molecule has 2 aromatic heterocycles. The molecule has 1 saturated heterocycles. The van der Waals surface area contributed by atoms with E-state index in [2.05, 4.69) is 10.4 Å². The van der Waals surface area contributed by atoms with Gasteiger partial charge in [-0.05, 0) is 45.0 Å². The summed E-state index contributed by atoms with van der Waals surface area (Å²) in [6.45, 7) is 3.14. The van der Waals surface area contributed by atoms with Crippen molar-refractivity contribution in [2.45, 2.75) is 30.7 Å². The first-order chi connectivity index (χ1) is 12.8. The summed E-state index contributed by atoms with van der Waals surface area (Å²) in [6, 6.07) is 6.90. The fourth-order valence-electron chi connectivity index (χ4n) is 3.79. The highest BCUT2D eigenvalue weighted by Crippen LogP contribution is 2.29. The third kappa shape index (κ3) is 2.72. The van der Waals surface area contributed by atoms with Crippen LogP contribution in [-0.4, -0.2) is 39.8 Å². The molecule has 4 rings (SSSR count). The zero-order valence-corrected chi connectivity index (χ0v) is 16.6. The van der Waals surface area contributed by atoms with Crippen LogP contribution >= 0.6 is 11.6 Å². The van der Waals surface area contributed by atoms with Crippen LogP contribution in [0.1, 0.15) is 24.6 Å². The van der Waals surface area contributed by atoms with Gasteiger partial charge in [-0.2, -0.15) is 9.07 Å². The van der Waals surface area contributed by atoms with Gasteiger partial charge in [-0.1, -0.05) is 23.7 Å². The van der Waals surface area contributed by atoms with Crippen molar-refractivity contribution >= 4 is 32.7 Å². The van der Waals surface area contributed by atoms with Crippen molar-refractivity contribution in [3.8, 4) is 0 Å². The van der Waals surface area contributed by atoms with Gasteiger partial charge in [0.2, 0.25) is 0 Å². The molecule has 0 spiro atoms. The Hall–Kier alpha value is -2.10. The summed E-state index contributed by atoms with van der Waals surface area (Å²) in [5.41, 5.74) is 0.645. The van der Waals surface area contributed by atoms with Gasteiger partial charge in [0.1, 0.15) is 10.0 Å². The Kier molecular flexibility index (Phi) is 4.40. The average molecular weight is 410 g/mol. The summed E-state index contributed by atoms with van der Waals surface area (Å²) in [4.78, 5) is 13.2. The highest BCUT2D eigenvalue weighted by molar-refractivity contribution is 7.90. The van der Waals surface area contributed by atoms with E-state index in [0.29, 0.717) is 11.0 Å². The van der Waals surface area contributed by atoms with Crippen molar-refractivity contribution in [1.82, 2.24) is 23.6 Å². The van der Waals surface area contributed by atoms with E-state index in [1.807, 2.05) is 0 Å². The Morgan fingerprint density at radius 3 is 2.41 bits per heavy atom. The number of aromatic nitrogens is 4. The Balaban J connectivity index is 2.03.